The van der Waals surface area contributed by atoms with Crippen molar-refractivity contribution in [3.63, 3.8) is 0 Å². The van der Waals surface area contributed by atoms with Gasteiger partial charge in [-0.1, -0.05) is 0 Å². The van der Waals surface area contributed by atoms with Crippen molar-refractivity contribution >= 4 is 18.0 Å². The first-order valence-electron chi connectivity index (χ1n) is 6.75. The molecule has 0 saturated carbocycles. The molecule has 0 aromatic rings. The molecule has 0 heterocycles. The molecule has 0 aliphatic carbocycles. The lowest BCUT2D eigenvalue weighted by atomic mass is 10.1. The molecule has 128 valence electrons. The highest BCUT2D eigenvalue weighted by Crippen LogP contribution is 2.12. The Kier molecular flexibility index (Phi) is 6.82. The van der Waals surface area contributed by atoms with Gasteiger partial charge in [0.15, 0.2) is 12.1 Å². The van der Waals surface area contributed by atoms with Crippen LogP contribution in [0.5, 0.6) is 0 Å². The Hall–Kier alpha value is -1.83. The molecule has 0 aliphatic rings. The van der Waals surface area contributed by atoms with Gasteiger partial charge in [-0.05, 0) is 41.5 Å². The number of alkyl carbamates (subject to hydrolysis) is 1. The molecule has 0 aromatic heterocycles. The maximum absolute atomic E-state index is 12.1. The van der Waals surface area contributed by atoms with E-state index in [-0.39, 0.29) is 0 Å². The molecule has 8 nitrogen and oxygen atoms in total. The Morgan fingerprint density at radius 1 is 0.909 bits per heavy atom. The van der Waals surface area contributed by atoms with Crippen LogP contribution in [0.4, 0.5) is 4.79 Å². The minimum Gasteiger partial charge on any atom is -0.467 e. The number of ether oxygens (including phenoxy) is 3. The van der Waals surface area contributed by atoms with Crippen molar-refractivity contribution in [3.05, 3.63) is 0 Å². The molecular formula is C14H25NO7. The molecule has 1 amide bonds. The summed E-state index contributed by atoms with van der Waals surface area (Å²) in [5.74, 6) is -2.05. The molecule has 0 saturated heterocycles. The SMILES string of the molecule is COC(=O)[C@H](O)[C@@H](NC(=O)OC(C)(C)C)C(=O)OC(C)(C)C. The van der Waals surface area contributed by atoms with E-state index in [2.05, 4.69) is 10.1 Å². The maximum atomic E-state index is 12.1. The number of hydrogen-bond acceptors (Lipinski definition) is 7. The molecule has 0 aromatic carbocycles. The smallest absolute Gasteiger partial charge is 0.408 e. The van der Waals surface area contributed by atoms with Crippen molar-refractivity contribution in [2.24, 2.45) is 0 Å². The molecule has 0 spiro atoms. The summed E-state index contributed by atoms with van der Waals surface area (Å²) in [4.78, 5) is 35.2. The van der Waals surface area contributed by atoms with Crippen LogP contribution in [0.25, 0.3) is 0 Å². The zero-order valence-corrected chi connectivity index (χ0v) is 14.1. The largest absolute Gasteiger partial charge is 0.467 e. The summed E-state index contributed by atoms with van der Waals surface area (Å²) < 4.78 is 14.4. The first-order chi connectivity index (χ1) is 9.76. The van der Waals surface area contributed by atoms with Crippen LogP contribution in [0.3, 0.4) is 0 Å². The predicted octanol–water partition coefficient (Wildman–Crippen LogP) is 0.755. The van der Waals surface area contributed by atoms with Crippen molar-refractivity contribution in [2.75, 3.05) is 7.11 Å². The van der Waals surface area contributed by atoms with E-state index in [9.17, 15) is 19.5 Å². The zero-order chi connectivity index (χ0) is 17.7. The van der Waals surface area contributed by atoms with E-state index in [1.165, 1.54) is 0 Å². The number of methoxy groups -OCH3 is 1. The van der Waals surface area contributed by atoms with Crippen LogP contribution in [0.15, 0.2) is 0 Å². The van der Waals surface area contributed by atoms with Gasteiger partial charge in [0, 0.05) is 0 Å². The maximum Gasteiger partial charge on any atom is 0.408 e. The van der Waals surface area contributed by atoms with E-state index in [4.69, 9.17) is 9.47 Å². The number of aliphatic hydroxyl groups excluding tert-OH is 1. The summed E-state index contributed by atoms with van der Waals surface area (Å²) in [6.07, 6.45) is -2.88. The number of rotatable bonds is 4. The highest BCUT2D eigenvalue weighted by Gasteiger charge is 2.38. The molecule has 2 N–H and O–H groups in total. The second kappa shape index (κ2) is 7.44. The molecule has 22 heavy (non-hydrogen) atoms. The Bertz CT molecular complexity index is 420. The molecule has 0 aliphatic heterocycles. The van der Waals surface area contributed by atoms with Gasteiger partial charge in [0.05, 0.1) is 7.11 Å². The van der Waals surface area contributed by atoms with Crippen molar-refractivity contribution in [1.82, 2.24) is 5.32 Å². The van der Waals surface area contributed by atoms with Crippen molar-refractivity contribution in [1.29, 1.82) is 0 Å². The second-order valence-corrected chi connectivity index (χ2v) is 6.63. The van der Waals surface area contributed by atoms with E-state index in [1.54, 1.807) is 41.5 Å². The van der Waals surface area contributed by atoms with E-state index >= 15 is 0 Å². The van der Waals surface area contributed by atoms with Gasteiger partial charge in [0.1, 0.15) is 11.2 Å². The second-order valence-electron chi connectivity index (χ2n) is 6.63. The Labute approximate surface area is 130 Å². The fourth-order valence-electron chi connectivity index (χ4n) is 1.32. The van der Waals surface area contributed by atoms with Crippen LogP contribution in [0.2, 0.25) is 0 Å². The molecule has 0 rings (SSSR count). The van der Waals surface area contributed by atoms with E-state index in [1.807, 2.05) is 0 Å². The average Bonchev–Trinajstić information content (AvgIpc) is 2.29. The normalized spacial score (nSPS) is 14.5. The van der Waals surface area contributed by atoms with Gasteiger partial charge in [-0.25, -0.2) is 14.4 Å². The molecular weight excluding hydrogens is 294 g/mol. The number of amides is 1. The predicted molar refractivity (Wildman–Crippen MR) is 77.0 cm³/mol. The fourth-order valence-corrected chi connectivity index (χ4v) is 1.32. The lowest BCUT2D eigenvalue weighted by Gasteiger charge is -2.27. The fraction of sp³-hybridized carbons (Fsp3) is 0.786. The molecule has 0 radical (unpaired) electrons. The van der Waals surface area contributed by atoms with E-state index in [0.29, 0.717) is 0 Å². The number of hydrogen-bond donors (Lipinski definition) is 2. The monoisotopic (exact) mass is 319 g/mol. The summed E-state index contributed by atoms with van der Waals surface area (Å²) in [6, 6.07) is -1.64. The van der Waals surface area contributed by atoms with Gasteiger partial charge in [0.25, 0.3) is 0 Å². The first-order valence-corrected chi connectivity index (χ1v) is 6.75. The lowest BCUT2D eigenvalue weighted by molar-refractivity contribution is -0.167. The van der Waals surface area contributed by atoms with Crippen molar-refractivity contribution in [2.45, 2.75) is 64.9 Å². The number of esters is 2. The highest BCUT2D eigenvalue weighted by atomic mass is 16.6. The van der Waals surface area contributed by atoms with Gasteiger partial charge >= 0.3 is 18.0 Å². The minimum absolute atomic E-state index is 0.807. The quantitative estimate of drug-likeness (QED) is 0.581. The summed E-state index contributed by atoms with van der Waals surface area (Å²) in [5.41, 5.74) is -1.67. The molecule has 0 bridgehead atoms. The standard InChI is InChI=1S/C14H25NO7/c1-13(2,3)21-10(17)8(9(16)11(18)20-7)15-12(19)22-14(4,5)6/h8-9,16H,1-7H3,(H,15,19)/t8-,9-/m1/s1. The Balaban J connectivity index is 5.14. The molecule has 0 unspecified atom stereocenters. The number of aliphatic hydroxyl groups is 1. The van der Waals surface area contributed by atoms with Crippen LogP contribution >= 0.6 is 0 Å². The van der Waals surface area contributed by atoms with E-state index < -0.39 is 41.4 Å². The average molecular weight is 319 g/mol. The summed E-state index contributed by atoms with van der Waals surface area (Å²) in [7, 11) is 1.05. The van der Waals surface area contributed by atoms with Crippen LogP contribution in [0.1, 0.15) is 41.5 Å². The van der Waals surface area contributed by atoms with Crippen LogP contribution in [-0.2, 0) is 23.8 Å². The lowest BCUT2D eigenvalue weighted by Crippen LogP contribution is -2.54. The molecule has 0 fully saturated rings. The third-order valence-corrected chi connectivity index (χ3v) is 2.09. The summed E-state index contributed by atoms with van der Waals surface area (Å²) in [5, 5.41) is 12.0. The zero-order valence-electron chi connectivity index (χ0n) is 14.1. The van der Waals surface area contributed by atoms with Gasteiger partial charge in [-0.3, -0.25) is 0 Å². The topological polar surface area (TPSA) is 111 Å². The number of nitrogens with one attached hydrogen (secondary N) is 1. The molecule has 2 atom stereocenters. The summed E-state index contributed by atoms with van der Waals surface area (Å²) in [6.45, 7) is 9.73. The first kappa shape index (κ1) is 20.2. The number of carbonyl (C=O) groups is 3. The Morgan fingerprint density at radius 3 is 1.73 bits per heavy atom. The molecule has 8 heteroatoms. The van der Waals surface area contributed by atoms with Gasteiger partial charge in [0.2, 0.25) is 0 Å². The van der Waals surface area contributed by atoms with Crippen molar-refractivity contribution < 1.29 is 33.7 Å². The third-order valence-electron chi connectivity index (χ3n) is 2.09. The third kappa shape index (κ3) is 7.82. The highest BCUT2D eigenvalue weighted by molar-refractivity contribution is 5.89. The van der Waals surface area contributed by atoms with Gasteiger partial charge < -0.3 is 24.6 Å². The Morgan fingerprint density at radius 2 is 1.36 bits per heavy atom. The van der Waals surface area contributed by atoms with Gasteiger partial charge in [-0.2, -0.15) is 0 Å². The van der Waals surface area contributed by atoms with Crippen LogP contribution in [0, 0.1) is 0 Å². The van der Waals surface area contributed by atoms with E-state index in [0.717, 1.165) is 7.11 Å². The number of carbonyl (C=O) groups excluding carboxylic acids is 3. The minimum atomic E-state index is -1.91. The van der Waals surface area contributed by atoms with Crippen LogP contribution in [-0.4, -0.2) is 53.6 Å². The summed E-state index contributed by atoms with van der Waals surface area (Å²) >= 11 is 0. The van der Waals surface area contributed by atoms with Gasteiger partial charge in [-0.15, -0.1) is 0 Å². The van der Waals surface area contributed by atoms with Crippen molar-refractivity contribution in [3.8, 4) is 0 Å². The van der Waals surface area contributed by atoms with Crippen LogP contribution < -0.4 is 5.32 Å².